The van der Waals surface area contributed by atoms with Crippen LogP contribution in [0.5, 0.6) is 0 Å². The lowest BCUT2D eigenvalue weighted by Gasteiger charge is -1.93. The van der Waals surface area contributed by atoms with E-state index in [9.17, 15) is 0 Å². The number of aromatic amines is 1. The maximum absolute atomic E-state index is 4.53. The number of H-pyrrole nitrogens is 1. The van der Waals surface area contributed by atoms with Crippen molar-refractivity contribution < 1.29 is 0 Å². The van der Waals surface area contributed by atoms with Gasteiger partial charge >= 0.3 is 0 Å². The molecule has 1 N–H and O–H groups in total. The van der Waals surface area contributed by atoms with Gasteiger partial charge in [-0.15, -0.1) is 11.3 Å². The number of nitrogens with one attached hydrogen (secondary N) is 1. The summed E-state index contributed by atoms with van der Waals surface area (Å²) in [7, 11) is 0. The van der Waals surface area contributed by atoms with Crippen molar-refractivity contribution in [3.05, 3.63) is 45.1 Å². The summed E-state index contributed by atoms with van der Waals surface area (Å²) in [5.74, 6) is 0.954. The molecule has 2 nitrogen and oxygen atoms in total. The third kappa shape index (κ3) is 2.56. The summed E-state index contributed by atoms with van der Waals surface area (Å²) in [5, 5.41) is 3.09. The maximum Gasteiger partial charge on any atom is 0.166 e. The molecule has 0 bridgehead atoms. The van der Waals surface area contributed by atoms with Crippen LogP contribution in [0.25, 0.3) is 11.0 Å². The molecular weight excluding hydrogens is 316 g/mol. The fourth-order valence-corrected chi connectivity index (χ4v) is 3.96. The van der Waals surface area contributed by atoms with E-state index in [1.165, 1.54) is 4.88 Å². The zero-order valence-electron chi connectivity index (χ0n) is 8.81. The zero-order chi connectivity index (χ0) is 11.7. The van der Waals surface area contributed by atoms with Gasteiger partial charge in [-0.05, 0) is 34.1 Å². The van der Waals surface area contributed by atoms with Crippen molar-refractivity contribution in [3.63, 3.8) is 0 Å². The first kappa shape index (κ1) is 11.3. The largest absolute Gasteiger partial charge is 0.333 e. The van der Waals surface area contributed by atoms with Crippen molar-refractivity contribution in [2.24, 2.45) is 0 Å². The number of rotatable bonds is 3. The molecule has 3 rings (SSSR count). The Morgan fingerprint density at radius 2 is 2.24 bits per heavy atom. The van der Waals surface area contributed by atoms with Crippen LogP contribution in [-0.2, 0) is 5.75 Å². The second-order valence-electron chi connectivity index (χ2n) is 3.58. The number of nitrogens with zero attached hydrogens (tertiary/aromatic N) is 1. The molecule has 5 heteroatoms. The Hall–Kier alpha value is -0.780. The minimum atomic E-state index is 0.954. The lowest BCUT2D eigenvalue weighted by molar-refractivity contribution is 1.08. The third-order valence-electron chi connectivity index (χ3n) is 2.34. The highest BCUT2D eigenvalue weighted by Crippen LogP contribution is 2.27. The summed E-state index contributed by atoms with van der Waals surface area (Å²) in [6.45, 7) is 0. The van der Waals surface area contributed by atoms with E-state index >= 15 is 0 Å². The first-order chi connectivity index (χ1) is 8.31. The van der Waals surface area contributed by atoms with Crippen LogP contribution < -0.4 is 0 Å². The quantitative estimate of drug-likeness (QED) is 0.708. The Kier molecular flexibility index (Phi) is 3.22. The Balaban J connectivity index is 1.76. The van der Waals surface area contributed by atoms with Crippen molar-refractivity contribution in [2.45, 2.75) is 10.9 Å². The minimum absolute atomic E-state index is 0.954. The predicted molar refractivity (Wildman–Crippen MR) is 77.7 cm³/mol. The number of thiophene rings is 1. The summed E-state index contributed by atoms with van der Waals surface area (Å²) in [6, 6.07) is 10.3. The summed E-state index contributed by atoms with van der Waals surface area (Å²) < 4.78 is 1.16. The minimum Gasteiger partial charge on any atom is -0.333 e. The van der Waals surface area contributed by atoms with Crippen LogP contribution in [0.4, 0.5) is 0 Å². The standard InChI is InChI=1S/C12H9BrN2S2/c13-8-5-9(16-6-8)7-17-12-14-10-3-1-2-4-11(10)15-12/h1-6H,7H2,(H,14,15). The summed E-state index contributed by atoms with van der Waals surface area (Å²) in [4.78, 5) is 9.20. The lowest BCUT2D eigenvalue weighted by Crippen LogP contribution is -1.76. The molecule has 0 unspecified atom stereocenters. The van der Waals surface area contributed by atoms with E-state index in [-0.39, 0.29) is 0 Å². The molecule has 2 heterocycles. The molecule has 0 fully saturated rings. The smallest absolute Gasteiger partial charge is 0.166 e. The fourth-order valence-electron chi connectivity index (χ4n) is 1.57. The molecule has 0 aliphatic carbocycles. The normalized spacial score (nSPS) is 11.1. The van der Waals surface area contributed by atoms with Crippen LogP contribution in [-0.4, -0.2) is 9.97 Å². The summed E-state index contributed by atoms with van der Waals surface area (Å²) in [6.07, 6.45) is 0. The van der Waals surface area contributed by atoms with Gasteiger partial charge < -0.3 is 4.98 Å². The van der Waals surface area contributed by atoms with Gasteiger partial charge in [-0.2, -0.15) is 0 Å². The number of hydrogen-bond acceptors (Lipinski definition) is 3. The van der Waals surface area contributed by atoms with Gasteiger partial charge in [0.15, 0.2) is 5.16 Å². The number of hydrogen-bond donors (Lipinski definition) is 1. The van der Waals surface area contributed by atoms with Gasteiger partial charge in [-0.25, -0.2) is 4.98 Å². The number of halogens is 1. The molecule has 0 aliphatic heterocycles. The van der Waals surface area contributed by atoms with Crippen molar-refractivity contribution in [2.75, 3.05) is 0 Å². The van der Waals surface area contributed by atoms with Crippen LogP contribution in [0.1, 0.15) is 4.88 Å². The number of imidazole rings is 1. The lowest BCUT2D eigenvalue weighted by atomic mass is 10.3. The van der Waals surface area contributed by atoms with E-state index in [2.05, 4.69) is 37.3 Å². The fraction of sp³-hybridized carbons (Fsp3) is 0.0833. The van der Waals surface area contributed by atoms with Crippen LogP contribution >= 0.6 is 39.0 Å². The van der Waals surface area contributed by atoms with E-state index in [0.29, 0.717) is 0 Å². The van der Waals surface area contributed by atoms with Crippen molar-refractivity contribution in [3.8, 4) is 0 Å². The van der Waals surface area contributed by atoms with E-state index in [4.69, 9.17) is 0 Å². The summed E-state index contributed by atoms with van der Waals surface area (Å²) >= 11 is 6.97. The Labute approximate surface area is 116 Å². The zero-order valence-corrected chi connectivity index (χ0v) is 12.0. The van der Waals surface area contributed by atoms with Gasteiger partial charge in [0, 0.05) is 20.5 Å². The van der Waals surface area contributed by atoms with Gasteiger partial charge in [-0.3, -0.25) is 0 Å². The Morgan fingerprint density at radius 1 is 1.35 bits per heavy atom. The molecule has 1 aromatic carbocycles. The molecule has 2 aromatic heterocycles. The van der Waals surface area contributed by atoms with E-state index in [1.54, 1.807) is 23.1 Å². The topological polar surface area (TPSA) is 28.7 Å². The van der Waals surface area contributed by atoms with Gasteiger partial charge in [0.1, 0.15) is 0 Å². The highest BCUT2D eigenvalue weighted by molar-refractivity contribution is 9.10. The van der Waals surface area contributed by atoms with Crippen molar-refractivity contribution in [1.82, 2.24) is 9.97 Å². The van der Waals surface area contributed by atoms with Crippen LogP contribution in [0.2, 0.25) is 0 Å². The molecule has 86 valence electrons. The molecule has 17 heavy (non-hydrogen) atoms. The van der Waals surface area contributed by atoms with Gasteiger partial charge in [0.25, 0.3) is 0 Å². The maximum atomic E-state index is 4.53. The first-order valence-corrected chi connectivity index (χ1v) is 7.77. The van der Waals surface area contributed by atoms with Gasteiger partial charge in [0.05, 0.1) is 11.0 Å². The average molecular weight is 325 g/mol. The van der Waals surface area contributed by atoms with Gasteiger partial charge in [-0.1, -0.05) is 23.9 Å². The second-order valence-corrected chi connectivity index (χ2v) is 6.45. The SMILES string of the molecule is Brc1csc(CSc2nc3ccccc3[nH]2)c1. The van der Waals surface area contributed by atoms with Crippen LogP contribution in [0.15, 0.2) is 45.3 Å². The van der Waals surface area contributed by atoms with Crippen LogP contribution in [0.3, 0.4) is 0 Å². The van der Waals surface area contributed by atoms with Crippen molar-refractivity contribution >= 4 is 50.1 Å². The summed E-state index contributed by atoms with van der Waals surface area (Å²) in [5.41, 5.74) is 2.13. The molecule has 3 aromatic rings. The molecule has 0 saturated carbocycles. The number of para-hydroxylation sites is 2. The van der Waals surface area contributed by atoms with E-state index in [1.807, 2.05) is 24.3 Å². The van der Waals surface area contributed by atoms with E-state index in [0.717, 1.165) is 26.4 Å². The second kappa shape index (κ2) is 4.84. The number of fused-ring (bicyclic) bond motifs is 1. The third-order valence-corrected chi connectivity index (χ3v) is 5.14. The highest BCUT2D eigenvalue weighted by Gasteiger charge is 2.04. The molecule has 0 radical (unpaired) electrons. The van der Waals surface area contributed by atoms with Crippen molar-refractivity contribution in [1.29, 1.82) is 0 Å². The van der Waals surface area contributed by atoms with Crippen LogP contribution in [0, 0.1) is 0 Å². The monoisotopic (exact) mass is 324 g/mol. The highest BCUT2D eigenvalue weighted by atomic mass is 79.9. The van der Waals surface area contributed by atoms with Gasteiger partial charge in [0.2, 0.25) is 0 Å². The number of thioether (sulfide) groups is 1. The average Bonchev–Trinajstić information content (AvgIpc) is 2.91. The molecule has 0 atom stereocenters. The number of aromatic nitrogens is 2. The number of benzene rings is 1. The predicted octanol–water partition coefficient (Wildman–Crippen LogP) is 4.68. The van der Waals surface area contributed by atoms with E-state index < -0.39 is 0 Å². The molecular formula is C12H9BrN2S2. The molecule has 0 amide bonds. The molecule has 0 aliphatic rings. The Morgan fingerprint density at radius 3 is 3.00 bits per heavy atom. The molecule has 0 saturated heterocycles. The Bertz CT molecular complexity index is 612. The first-order valence-electron chi connectivity index (χ1n) is 5.12. The molecule has 0 spiro atoms.